The Morgan fingerprint density at radius 3 is 2.70 bits per heavy atom. The van der Waals surface area contributed by atoms with E-state index in [0.29, 0.717) is 0 Å². The molecule has 2 rings (SSSR count). The molecule has 0 spiro atoms. The molecule has 0 saturated carbocycles. The average molecular weight is 295 g/mol. The van der Waals surface area contributed by atoms with Crippen LogP contribution in [-0.4, -0.2) is 24.0 Å². The van der Waals surface area contributed by atoms with Gasteiger partial charge >= 0.3 is 0 Å². The lowest BCUT2D eigenvalue weighted by molar-refractivity contribution is 0.0816. The molecule has 0 amide bonds. The van der Waals surface area contributed by atoms with E-state index < -0.39 is 0 Å². The van der Waals surface area contributed by atoms with Crippen LogP contribution in [0.4, 0.5) is 0 Å². The summed E-state index contributed by atoms with van der Waals surface area (Å²) >= 11 is 6.17. The van der Waals surface area contributed by atoms with Gasteiger partial charge in [-0.1, -0.05) is 44.5 Å². The fourth-order valence-electron chi connectivity index (χ4n) is 3.19. The van der Waals surface area contributed by atoms with Gasteiger partial charge in [-0.05, 0) is 48.9 Å². The van der Waals surface area contributed by atoms with E-state index in [9.17, 15) is 0 Å². The molecular formula is C17H27ClN2. The van der Waals surface area contributed by atoms with Gasteiger partial charge in [-0.25, -0.2) is 0 Å². The van der Waals surface area contributed by atoms with E-state index in [1.54, 1.807) is 0 Å². The zero-order chi connectivity index (χ0) is 14.7. The Labute approximate surface area is 128 Å². The molecule has 4 atom stereocenters. The van der Waals surface area contributed by atoms with Crippen LogP contribution in [0, 0.1) is 11.8 Å². The normalized spacial score (nSPS) is 27.2. The van der Waals surface area contributed by atoms with Crippen molar-refractivity contribution in [1.82, 2.24) is 4.90 Å². The smallest absolute Gasteiger partial charge is 0.0499 e. The maximum absolute atomic E-state index is 6.43. The summed E-state index contributed by atoms with van der Waals surface area (Å²) in [6, 6.07) is 8.64. The van der Waals surface area contributed by atoms with Crippen molar-refractivity contribution in [2.45, 2.75) is 45.7 Å². The summed E-state index contributed by atoms with van der Waals surface area (Å²) in [5.41, 5.74) is 7.68. The van der Waals surface area contributed by atoms with Crippen molar-refractivity contribution in [3.8, 4) is 0 Å². The monoisotopic (exact) mass is 294 g/mol. The molecule has 1 aromatic carbocycles. The molecule has 2 N–H and O–H groups in total. The Bertz CT molecular complexity index is 435. The van der Waals surface area contributed by atoms with Gasteiger partial charge in [0, 0.05) is 23.7 Å². The first kappa shape index (κ1) is 15.8. The highest BCUT2D eigenvalue weighted by molar-refractivity contribution is 6.30. The van der Waals surface area contributed by atoms with Gasteiger partial charge in [0.15, 0.2) is 0 Å². The first-order valence-corrected chi connectivity index (χ1v) is 8.15. The fourth-order valence-corrected chi connectivity index (χ4v) is 3.39. The molecule has 20 heavy (non-hydrogen) atoms. The summed E-state index contributed by atoms with van der Waals surface area (Å²) in [6.07, 6.45) is 2.24. The van der Waals surface area contributed by atoms with Gasteiger partial charge in [0.1, 0.15) is 0 Å². The van der Waals surface area contributed by atoms with Crippen LogP contribution in [0.2, 0.25) is 5.02 Å². The van der Waals surface area contributed by atoms with Crippen LogP contribution in [0.25, 0.3) is 0 Å². The number of halogens is 1. The number of hydrogen-bond acceptors (Lipinski definition) is 2. The highest BCUT2D eigenvalue weighted by atomic mass is 35.5. The minimum Gasteiger partial charge on any atom is -0.326 e. The quantitative estimate of drug-likeness (QED) is 0.906. The standard InChI is InChI=1S/C17H27ClN2/c1-4-16(19)17(14-6-5-7-15(18)10-14)20-9-8-12(2)13(3)11-20/h5-7,10,12-13,16-17H,4,8-9,11,19H2,1-3H3. The Balaban J connectivity index is 2.24. The zero-order valence-corrected chi connectivity index (χ0v) is 13.6. The van der Waals surface area contributed by atoms with E-state index in [1.807, 2.05) is 12.1 Å². The number of nitrogens with two attached hydrogens (primary N) is 1. The van der Waals surface area contributed by atoms with Gasteiger partial charge in [-0.15, -0.1) is 0 Å². The molecule has 1 aliphatic rings. The van der Waals surface area contributed by atoms with Crippen molar-refractivity contribution >= 4 is 11.6 Å². The average Bonchev–Trinajstić information content (AvgIpc) is 2.43. The van der Waals surface area contributed by atoms with Crippen LogP contribution in [0.3, 0.4) is 0 Å². The van der Waals surface area contributed by atoms with E-state index in [4.69, 9.17) is 17.3 Å². The summed E-state index contributed by atoms with van der Waals surface area (Å²) in [6.45, 7) is 9.14. The van der Waals surface area contributed by atoms with Crippen LogP contribution in [0.1, 0.15) is 45.2 Å². The molecule has 0 aromatic heterocycles. The number of nitrogens with zero attached hydrogens (tertiary/aromatic N) is 1. The molecule has 4 unspecified atom stereocenters. The minimum absolute atomic E-state index is 0.161. The molecule has 1 fully saturated rings. The summed E-state index contributed by atoms with van der Waals surface area (Å²) < 4.78 is 0. The van der Waals surface area contributed by atoms with Gasteiger partial charge in [0.25, 0.3) is 0 Å². The third kappa shape index (κ3) is 3.55. The summed E-state index contributed by atoms with van der Waals surface area (Å²) in [5.74, 6) is 1.54. The Hall–Kier alpha value is -0.570. The minimum atomic E-state index is 0.161. The molecular weight excluding hydrogens is 268 g/mol. The lowest BCUT2D eigenvalue weighted by Gasteiger charge is -2.42. The first-order valence-electron chi connectivity index (χ1n) is 7.78. The van der Waals surface area contributed by atoms with Crippen molar-refractivity contribution in [2.24, 2.45) is 17.6 Å². The van der Waals surface area contributed by atoms with Crippen molar-refractivity contribution < 1.29 is 0 Å². The van der Waals surface area contributed by atoms with Crippen LogP contribution in [-0.2, 0) is 0 Å². The SMILES string of the molecule is CCC(N)C(c1cccc(Cl)c1)N1CCC(C)C(C)C1. The third-order valence-electron chi connectivity index (χ3n) is 4.83. The third-order valence-corrected chi connectivity index (χ3v) is 5.06. The molecule has 2 nitrogen and oxygen atoms in total. The second-order valence-corrected chi connectivity index (χ2v) is 6.75. The first-order chi connectivity index (χ1) is 9.52. The highest BCUT2D eigenvalue weighted by Gasteiger charge is 2.31. The maximum atomic E-state index is 6.43. The molecule has 0 aliphatic carbocycles. The lowest BCUT2D eigenvalue weighted by Crippen LogP contribution is -2.47. The predicted octanol–water partition coefficient (Wildman–Crippen LogP) is 4.10. The Kier molecular flexibility index (Phi) is 5.48. The number of hydrogen-bond donors (Lipinski definition) is 1. The molecule has 1 aliphatic heterocycles. The largest absolute Gasteiger partial charge is 0.326 e. The van der Waals surface area contributed by atoms with Crippen LogP contribution < -0.4 is 5.73 Å². The van der Waals surface area contributed by atoms with Crippen molar-refractivity contribution in [2.75, 3.05) is 13.1 Å². The fraction of sp³-hybridized carbons (Fsp3) is 0.647. The van der Waals surface area contributed by atoms with E-state index in [2.05, 4.69) is 37.8 Å². The molecule has 1 heterocycles. The van der Waals surface area contributed by atoms with Crippen molar-refractivity contribution in [3.05, 3.63) is 34.9 Å². The van der Waals surface area contributed by atoms with E-state index in [1.165, 1.54) is 12.0 Å². The summed E-state index contributed by atoms with van der Waals surface area (Å²) in [5, 5.41) is 0.800. The Morgan fingerprint density at radius 2 is 2.10 bits per heavy atom. The van der Waals surface area contributed by atoms with E-state index >= 15 is 0 Å². The number of piperidine rings is 1. The topological polar surface area (TPSA) is 29.3 Å². The highest BCUT2D eigenvalue weighted by Crippen LogP contribution is 2.32. The lowest BCUT2D eigenvalue weighted by atomic mass is 9.85. The number of likely N-dealkylation sites (tertiary alicyclic amines) is 1. The number of rotatable bonds is 4. The molecule has 112 valence electrons. The molecule has 1 aromatic rings. The Morgan fingerprint density at radius 1 is 1.35 bits per heavy atom. The van der Waals surface area contributed by atoms with E-state index in [-0.39, 0.29) is 12.1 Å². The van der Waals surface area contributed by atoms with Crippen LogP contribution in [0.15, 0.2) is 24.3 Å². The molecule has 1 saturated heterocycles. The summed E-state index contributed by atoms with van der Waals surface area (Å²) in [4.78, 5) is 2.56. The van der Waals surface area contributed by atoms with E-state index in [0.717, 1.165) is 36.4 Å². The van der Waals surface area contributed by atoms with Gasteiger partial charge in [0.2, 0.25) is 0 Å². The molecule has 3 heteroatoms. The van der Waals surface area contributed by atoms with Gasteiger partial charge in [-0.2, -0.15) is 0 Å². The van der Waals surface area contributed by atoms with Crippen LogP contribution >= 0.6 is 11.6 Å². The maximum Gasteiger partial charge on any atom is 0.0499 e. The van der Waals surface area contributed by atoms with Crippen molar-refractivity contribution in [3.63, 3.8) is 0 Å². The van der Waals surface area contributed by atoms with Crippen LogP contribution in [0.5, 0.6) is 0 Å². The van der Waals surface area contributed by atoms with Crippen molar-refractivity contribution in [1.29, 1.82) is 0 Å². The molecule has 0 radical (unpaired) electrons. The zero-order valence-electron chi connectivity index (χ0n) is 12.8. The number of benzene rings is 1. The van der Waals surface area contributed by atoms with Gasteiger partial charge in [-0.3, -0.25) is 4.90 Å². The van der Waals surface area contributed by atoms with Gasteiger partial charge < -0.3 is 5.73 Å². The second kappa shape index (κ2) is 6.93. The summed E-state index contributed by atoms with van der Waals surface area (Å²) in [7, 11) is 0. The predicted molar refractivity (Wildman–Crippen MR) is 87.0 cm³/mol. The second-order valence-electron chi connectivity index (χ2n) is 6.31. The van der Waals surface area contributed by atoms with Gasteiger partial charge in [0.05, 0.1) is 0 Å². The molecule has 0 bridgehead atoms.